The van der Waals surface area contributed by atoms with E-state index >= 15 is 0 Å². The third-order valence-corrected chi connectivity index (χ3v) is 2.72. The molecule has 0 amide bonds. The lowest BCUT2D eigenvalue weighted by Gasteiger charge is -2.23. The van der Waals surface area contributed by atoms with Crippen molar-refractivity contribution in [2.24, 2.45) is 11.7 Å². The third-order valence-electron chi connectivity index (χ3n) is 2.72. The second kappa shape index (κ2) is 7.29. The summed E-state index contributed by atoms with van der Waals surface area (Å²) >= 11 is 0. The molecule has 1 atom stereocenters. The minimum absolute atomic E-state index is 0.248. The molecule has 1 unspecified atom stereocenters. The number of ether oxygens (including phenoxy) is 2. The van der Waals surface area contributed by atoms with Gasteiger partial charge in [0.2, 0.25) is 0 Å². The molecule has 0 aliphatic carbocycles. The van der Waals surface area contributed by atoms with Crippen LogP contribution in [0.5, 0.6) is 5.75 Å². The highest BCUT2D eigenvalue weighted by Crippen LogP contribution is 2.18. The molecule has 1 rings (SSSR count). The predicted octanol–water partition coefficient (Wildman–Crippen LogP) is 2.54. The van der Waals surface area contributed by atoms with E-state index in [0.717, 1.165) is 11.3 Å². The highest BCUT2D eigenvalue weighted by molar-refractivity contribution is 5.73. The average molecular weight is 279 g/mol. The first-order chi connectivity index (χ1) is 9.35. The summed E-state index contributed by atoms with van der Waals surface area (Å²) in [6.07, 6.45) is 0.562. The van der Waals surface area contributed by atoms with E-state index in [1.54, 1.807) is 0 Å². The Hall–Kier alpha value is -1.55. The van der Waals surface area contributed by atoms with Gasteiger partial charge in [0.15, 0.2) is 0 Å². The molecule has 4 nitrogen and oxygen atoms in total. The maximum atomic E-state index is 12.1. The van der Waals surface area contributed by atoms with Gasteiger partial charge in [-0.25, -0.2) is 0 Å². The van der Waals surface area contributed by atoms with Crippen LogP contribution in [0.4, 0.5) is 0 Å². The Morgan fingerprint density at radius 1 is 1.35 bits per heavy atom. The summed E-state index contributed by atoms with van der Waals surface area (Å²) in [6.45, 7) is 8.40. The van der Waals surface area contributed by atoms with Crippen LogP contribution < -0.4 is 10.5 Å². The van der Waals surface area contributed by atoms with Crippen molar-refractivity contribution < 1.29 is 14.3 Å². The number of carbonyl (C=O) groups is 1. The zero-order valence-electron chi connectivity index (χ0n) is 12.8. The summed E-state index contributed by atoms with van der Waals surface area (Å²) in [7, 11) is 0. The van der Waals surface area contributed by atoms with Gasteiger partial charge in [-0.3, -0.25) is 4.79 Å². The zero-order valence-corrected chi connectivity index (χ0v) is 12.8. The molecular formula is C16H25NO3. The molecule has 0 aromatic heterocycles. The average Bonchev–Trinajstić information content (AvgIpc) is 2.34. The number of hydrogen-bond donors (Lipinski definition) is 1. The topological polar surface area (TPSA) is 61.5 Å². The molecule has 0 radical (unpaired) electrons. The maximum absolute atomic E-state index is 12.1. The van der Waals surface area contributed by atoms with E-state index in [0.29, 0.717) is 13.0 Å². The van der Waals surface area contributed by atoms with Gasteiger partial charge >= 0.3 is 5.97 Å². The molecule has 0 saturated carbocycles. The number of hydrogen-bond acceptors (Lipinski definition) is 4. The van der Waals surface area contributed by atoms with Crippen molar-refractivity contribution in [3.63, 3.8) is 0 Å². The standard InChI is InChI=1S/C16H25NO3/c1-5-19-14-8-6-7-12(10-14)9-13(11-17)15(18)20-16(2,3)4/h6-8,10,13H,5,9,11,17H2,1-4H3. The van der Waals surface area contributed by atoms with E-state index in [9.17, 15) is 4.79 Å². The molecular weight excluding hydrogens is 254 g/mol. The Balaban J connectivity index is 2.73. The van der Waals surface area contributed by atoms with Crippen molar-refractivity contribution in [3.8, 4) is 5.75 Å². The van der Waals surface area contributed by atoms with Crippen molar-refractivity contribution in [1.29, 1.82) is 0 Å². The van der Waals surface area contributed by atoms with Crippen LogP contribution in [0.1, 0.15) is 33.3 Å². The smallest absolute Gasteiger partial charge is 0.311 e. The lowest BCUT2D eigenvalue weighted by Crippen LogP contribution is -2.33. The van der Waals surface area contributed by atoms with Gasteiger partial charge in [0.25, 0.3) is 0 Å². The van der Waals surface area contributed by atoms with Crippen LogP contribution in [0.25, 0.3) is 0 Å². The lowest BCUT2D eigenvalue weighted by molar-refractivity contribution is -0.159. The summed E-state index contributed by atoms with van der Waals surface area (Å²) in [4.78, 5) is 12.1. The molecule has 0 aliphatic rings. The fraction of sp³-hybridized carbons (Fsp3) is 0.562. The fourth-order valence-electron chi connectivity index (χ4n) is 1.86. The molecule has 4 heteroatoms. The summed E-state index contributed by atoms with van der Waals surface area (Å²) < 4.78 is 10.8. The Kier molecular flexibility index (Phi) is 6.02. The molecule has 0 heterocycles. The van der Waals surface area contributed by atoms with Crippen LogP contribution in [0.15, 0.2) is 24.3 Å². The van der Waals surface area contributed by atoms with Gasteiger partial charge in [-0.1, -0.05) is 12.1 Å². The van der Waals surface area contributed by atoms with Gasteiger partial charge in [-0.05, 0) is 51.8 Å². The Morgan fingerprint density at radius 2 is 2.05 bits per heavy atom. The largest absolute Gasteiger partial charge is 0.494 e. The van der Waals surface area contributed by atoms with Gasteiger partial charge < -0.3 is 15.2 Å². The molecule has 112 valence electrons. The molecule has 0 bridgehead atoms. The van der Waals surface area contributed by atoms with Crippen LogP contribution in [-0.4, -0.2) is 24.7 Å². The minimum Gasteiger partial charge on any atom is -0.494 e. The van der Waals surface area contributed by atoms with Gasteiger partial charge in [-0.2, -0.15) is 0 Å². The quantitative estimate of drug-likeness (QED) is 0.813. The van der Waals surface area contributed by atoms with Crippen LogP contribution in [0, 0.1) is 5.92 Å². The summed E-state index contributed by atoms with van der Waals surface area (Å²) in [5.41, 5.74) is 6.24. The van der Waals surface area contributed by atoms with Crippen molar-refractivity contribution in [3.05, 3.63) is 29.8 Å². The summed E-state index contributed by atoms with van der Waals surface area (Å²) in [5, 5.41) is 0. The van der Waals surface area contributed by atoms with Crippen molar-refractivity contribution in [2.45, 2.75) is 39.7 Å². The predicted molar refractivity (Wildman–Crippen MR) is 79.7 cm³/mol. The number of benzene rings is 1. The van der Waals surface area contributed by atoms with Crippen molar-refractivity contribution >= 4 is 5.97 Å². The van der Waals surface area contributed by atoms with Crippen LogP contribution >= 0.6 is 0 Å². The van der Waals surface area contributed by atoms with Crippen LogP contribution in [0.2, 0.25) is 0 Å². The molecule has 0 spiro atoms. The molecule has 0 saturated heterocycles. The molecule has 0 aliphatic heterocycles. The number of carbonyl (C=O) groups excluding carboxylic acids is 1. The highest BCUT2D eigenvalue weighted by atomic mass is 16.6. The van der Waals surface area contributed by atoms with Crippen molar-refractivity contribution in [2.75, 3.05) is 13.2 Å². The van der Waals surface area contributed by atoms with Gasteiger partial charge in [-0.15, -0.1) is 0 Å². The second-order valence-electron chi connectivity index (χ2n) is 5.75. The fourth-order valence-corrected chi connectivity index (χ4v) is 1.86. The molecule has 0 fully saturated rings. The SMILES string of the molecule is CCOc1cccc(CC(CN)C(=O)OC(C)(C)C)c1. The number of nitrogens with two attached hydrogens (primary N) is 1. The minimum atomic E-state index is -0.488. The second-order valence-corrected chi connectivity index (χ2v) is 5.75. The monoisotopic (exact) mass is 279 g/mol. The summed E-state index contributed by atoms with van der Waals surface area (Å²) in [6, 6.07) is 7.73. The van der Waals surface area contributed by atoms with E-state index < -0.39 is 5.60 Å². The molecule has 2 N–H and O–H groups in total. The first-order valence-electron chi connectivity index (χ1n) is 7.00. The Labute approximate surface area is 121 Å². The molecule has 20 heavy (non-hydrogen) atoms. The first kappa shape index (κ1) is 16.5. The normalized spacial score (nSPS) is 12.8. The van der Waals surface area contributed by atoms with E-state index in [-0.39, 0.29) is 18.4 Å². The van der Waals surface area contributed by atoms with E-state index in [1.165, 1.54) is 0 Å². The van der Waals surface area contributed by atoms with E-state index in [1.807, 2.05) is 52.0 Å². The van der Waals surface area contributed by atoms with Crippen LogP contribution in [-0.2, 0) is 16.0 Å². The maximum Gasteiger partial charge on any atom is 0.311 e. The third kappa shape index (κ3) is 5.61. The Bertz CT molecular complexity index is 438. The van der Waals surface area contributed by atoms with E-state index in [2.05, 4.69) is 0 Å². The van der Waals surface area contributed by atoms with Gasteiger partial charge in [0, 0.05) is 6.54 Å². The van der Waals surface area contributed by atoms with E-state index in [4.69, 9.17) is 15.2 Å². The molecule has 1 aromatic rings. The van der Waals surface area contributed by atoms with Crippen LogP contribution in [0.3, 0.4) is 0 Å². The Morgan fingerprint density at radius 3 is 2.60 bits per heavy atom. The van der Waals surface area contributed by atoms with Gasteiger partial charge in [0.1, 0.15) is 11.4 Å². The first-order valence-corrected chi connectivity index (χ1v) is 7.00. The number of rotatable bonds is 6. The van der Waals surface area contributed by atoms with Crippen molar-refractivity contribution in [1.82, 2.24) is 0 Å². The highest BCUT2D eigenvalue weighted by Gasteiger charge is 2.24. The molecule has 1 aromatic carbocycles. The lowest BCUT2D eigenvalue weighted by atomic mass is 9.99. The number of esters is 1. The summed E-state index contributed by atoms with van der Waals surface area (Å²) in [5.74, 6) is 0.234. The zero-order chi connectivity index (χ0) is 15.2. The van der Waals surface area contributed by atoms with Gasteiger partial charge in [0.05, 0.1) is 12.5 Å².